The van der Waals surface area contributed by atoms with E-state index in [-0.39, 0.29) is 5.69 Å². The highest BCUT2D eigenvalue weighted by Gasteiger charge is 2.13. The van der Waals surface area contributed by atoms with Gasteiger partial charge in [-0.2, -0.15) is 0 Å². The Morgan fingerprint density at radius 2 is 2.21 bits per heavy atom. The fourth-order valence-electron chi connectivity index (χ4n) is 0.896. The number of aromatic nitrogens is 1. The molecule has 0 atom stereocenters. The van der Waals surface area contributed by atoms with E-state index in [4.69, 9.17) is 10.2 Å². The van der Waals surface area contributed by atoms with Crippen molar-refractivity contribution < 1.29 is 23.8 Å². The Morgan fingerprint density at radius 1 is 1.57 bits per heavy atom. The third-order valence-electron chi connectivity index (χ3n) is 1.54. The molecule has 14 heavy (non-hydrogen) atoms. The van der Waals surface area contributed by atoms with E-state index in [0.29, 0.717) is 0 Å². The molecule has 0 saturated carbocycles. The molecule has 0 aliphatic carbocycles. The minimum atomic E-state index is -2.73. The van der Waals surface area contributed by atoms with Crippen molar-refractivity contribution in [3.63, 3.8) is 0 Å². The van der Waals surface area contributed by atoms with Gasteiger partial charge in [-0.1, -0.05) is 0 Å². The van der Waals surface area contributed by atoms with Crippen LogP contribution >= 0.6 is 0 Å². The van der Waals surface area contributed by atoms with Crippen LogP contribution in [0.2, 0.25) is 0 Å². The van der Waals surface area contributed by atoms with Crippen LogP contribution in [0.15, 0.2) is 12.3 Å². The minimum Gasteiger partial charge on any atom is -0.506 e. The van der Waals surface area contributed by atoms with Crippen molar-refractivity contribution in [1.82, 2.24) is 4.98 Å². The number of aromatic hydroxyl groups is 1. The summed E-state index contributed by atoms with van der Waals surface area (Å²) in [5.41, 5.74) is -0.557. The Bertz CT molecular complexity index is 354. The first kappa shape index (κ1) is 10.4. The molecule has 0 saturated heterocycles. The van der Waals surface area contributed by atoms with Crippen molar-refractivity contribution in [3.05, 3.63) is 23.5 Å². The quantitative estimate of drug-likeness (QED) is 0.777. The van der Waals surface area contributed by atoms with Crippen molar-refractivity contribution in [1.29, 1.82) is 0 Å². The molecule has 0 aliphatic heterocycles. The maximum absolute atomic E-state index is 12.1. The van der Waals surface area contributed by atoms with Crippen molar-refractivity contribution in [2.45, 2.75) is 12.8 Å². The summed E-state index contributed by atoms with van der Waals surface area (Å²) in [5.74, 6) is -1.71. The van der Waals surface area contributed by atoms with Gasteiger partial charge in [-0.05, 0) is 6.07 Å². The SMILES string of the molecule is O=C(O)Cc1ncc(C(F)F)cc1O. The highest BCUT2D eigenvalue weighted by Crippen LogP contribution is 2.23. The zero-order chi connectivity index (χ0) is 10.7. The van der Waals surface area contributed by atoms with Crippen molar-refractivity contribution in [3.8, 4) is 5.75 Å². The number of halogens is 2. The number of nitrogens with zero attached hydrogens (tertiary/aromatic N) is 1. The van der Waals surface area contributed by atoms with Crippen LogP contribution in [-0.2, 0) is 11.2 Å². The lowest BCUT2D eigenvalue weighted by molar-refractivity contribution is -0.136. The van der Waals surface area contributed by atoms with E-state index in [0.717, 1.165) is 12.3 Å². The molecular weight excluding hydrogens is 196 g/mol. The molecule has 2 N–H and O–H groups in total. The number of rotatable bonds is 3. The average molecular weight is 203 g/mol. The molecule has 0 fully saturated rings. The summed E-state index contributed by atoms with van der Waals surface area (Å²) in [7, 11) is 0. The van der Waals surface area contributed by atoms with Crippen molar-refractivity contribution >= 4 is 5.97 Å². The lowest BCUT2D eigenvalue weighted by Crippen LogP contribution is -2.03. The zero-order valence-corrected chi connectivity index (χ0v) is 6.94. The van der Waals surface area contributed by atoms with Crippen LogP contribution in [0.25, 0.3) is 0 Å². The van der Waals surface area contributed by atoms with Crippen LogP contribution in [0.4, 0.5) is 8.78 Å². The van der Waals surface area contributed by atoms with E-state index in [1.54, 1.807) is 0 Å². The number of pyridine rings is 1. The second kappa shape index (κ2) is 3.99. The molecule has 0 aromatic carbocycles. The van der Waals surface area contributed by atoms with Gasteiger partial charge >= 0.3 is 5.97 Å². The van der Waals surface area contributed by atoms with E-state index in [2.05, 4.69) is 4.98 Å². The molecular formula is C8H7F2NO3. The lowest BCUT2D eigenvalue weighted by atomic mass is 10.2. The Labute approximate surface area is 77.8 Å². The Kier molecular flexibility index (Phi) is 2.95. The highest BCUT2D eigenvalue weighted by atomic mass is 19.3. The molecule has 0 amide bonds. The molecule has 1 rings (SSSR count). The minimum absolute atomic E-state index is 0.123. The first-order chi connectivity index (χ1) is 6.50. The lowest BCUT2D eigenvalue weighted by Gasteiger charge is -2.03. The molecule has 0 radical (unpaired) electrons. The standard InChI is InChI=1S/C8H7F2NO3/c9-8(10)4-1-6(12)5(11-3-4)2-7(13)14/h1,3,8,12H,2H2,(H,13,14). The molecule has 4 nitrogen and oxygen atoms in total. The molecule has 0 spiro atoms. The smallest absolute Gasteiger partial charge is 0.309 e. The van der Waals surface area contributed by atoms with Gasteiger partial charge in [0.1, 0.15) is 5.75 Å². The van der Waals surface area contributed by atoms with E-state index in [9.17, 15) is 13.6 Å². The van der Waals surface area contributed by atoms with Crippen LogP contribution < -0.4 is 0 Å². The van der Waals surface area contributed by atoms with Crippen LogP contribution in [0.1, 0.15) is 17.7 Å². The zero-order valence-electron chi connectivity index (χ0n) is 6.94. The fraction of sp³-hybridized carbons (Fsp3) is 0.250. The van der Waals surface area contributed by atoms with Crippen LogP contribution in [0, 0.1) is 0 Å². The normalized spacial score (nSPS) is 10.5. The number of carboxylic acids is 1. The van der Waals surface area contributed by atoms with Gasteiger partial charge in [0.05, 0.1) is 12.1 Å². The maximum Gasteiger partial charge on any atom is 0.309 e. The Balaban J connectivity index is 2.95. The molecule has 1 aromatic rings. The van der Waals surface area contributed by atoms with Gasteiger partial charge < -0.3 is 10.2 Å². The number of aliphatic carboxylic acids is 1. The van der Waals surface area contributed by atoms with Crippen molar-refractivity contribution in [2.75, 3.05) is 0 Å². The Hall–Kier alpha value is -1.72. The van der Waals surface area contributed by atoms with Gasteiger partial charge in [0.2, 0.25) is 0 Å². The summed E-state index contributed by atoms with van der Waals surface area (Å²) in [4.78, 5) is 13.7. The van der Waals surface area contributed by atoms with Gasteiger partial charge in [-0.3, -0.25) is 9.78 Å². The summed E-state index contributed by atoms with van der Waals surface area (Å²) >= 11 is 0. The molecule has 1 heterocycles. The van der Waals surface area contributed by atoms with Gasteiger partial charge in [0.15, 0.2) is 0 Å². The molecule has 0 unspecified atom stereocenters. The molecule has 0 aliphatic rings. The summed E-state index contributed by atoms with van der Waals surface area (Å²) in [5, 5.41) is 17.5. The molecule has 0 bridgehead atoms. The molecule has 6 heteroatoms. The van der Waals surface area contributed by atoms with E-state index < -0.39 is 30.1 Å². The molecule has 1 aromatic heterocycles. The van der Waals surface area contributed by atoms with Gasteiger partial charge in [0.25, 0.3) is 6.43 Å². The predicted octanol–water partition coefficient (Wildman–Crippen LogP) is 1.35. The summed E-state index contributed by atoms with van der Waals surface area (Å²) < 4.78 is 24.1. The number of carboxylic acid groups (broad SMARTS) is 1. The Morgan fingerprint density at radius 3 is 2.64 bits per heavy atom. The number of hydrogen-bond donors (Lipinski definition) is 2. The topological polar surface area (TPSA) is 70.4 Å². The van der Waals surface area contributed by atoms with Gasteiger partial charge in [-0.15, -0.1) is 0 Å². The third-order valence-corrected chi connectivity index (χ3v) is 1.54. The first-order valence-corrected chi connectivity index (χ1v) is 3.68. The van der Waals surface area contributed by atoms with Crippen LogP contribution in [-0.4, -0.2) is 21.2 Å². The highest BCUT2D eigenvalue weighted by molar-refractivity contribution is 5.70. The van der Waals surface area contributed by atoms with E-state index in [1.807, 2.05) is 0 Å². The number of alkyl halides is 2. The monoisotopic (exact) mass is 203 g/mol. The second-order valence-corrected chi connectivity index (χ2v) is 2.61. The average Bonchev–Trinajstić information content (AvgIpc) is 2.07. The largest absolute Gasteiger partial charge is 0.506 e. The third kappa shape index (κ3) is 2.38. The second-order valence-electron chi connectivity index (χ2n) is 2.61. The van der Waals surface area contributed by atoms with E-state index >= 15 is 0 Å². The maximum atomic E-state index is 12.1. The fourth-order valence-corrected chi connectivity index (χ4v) is 0.896. The van der Waals surface area contributed by atoms with Crippen molar-refractivity contribution in [2.24, 2.45) is 0 Å². The van der Waals surface area contributed by atoms with Crippen LogP contribution in [0.5, 0.6) is 5.75 Å². The summed E-state index contributed by atoms with van der Waals surface area (Å²) in [6.07, 6.45) is -2.37. The summed E-state index contributed by atoms with van der Waals surface area (Å²) in [6, 6.07) is 0.815. The predicted molar refractivity (Wildman–Crippen MR) is 42.2 cm³/mol. The number of carbonyl (C=O) groups is 1. The van der Waals surface area contributed by atoms with Gasteiger partial charge in [0, 0.05) is 11.8 Å². The molecule has 76 valence electrons. The number of hydrogen-bond acceptors (Lipinski definition) is 3. The van der Waals surface area contributed by atoms with Crippen LogP contribution in [0.3, 0.4) is 0 Å². The van der Waals surface area contributed by atoms with E-state index in [1.165, 1.54) is 0 Å². The summed E-state index contributed by atoms with van der Waals surface area (Å²) in [6.45, 7) is 0. The van der Waals surface area contributed by atoms with Gasteiger partial charge in [-0.25, -0.2) is 8.78 Å². The first-order valence-electron chi connectivity index (χ1n) is 3.68.